The van der Waals surface area contributed by atoms with Crippen LogP contribution in [0.5, 0.6) is 5.75 Å². The molecule has 0 N–H and O–H groups in total. The van der Waals surface area contributed by atoms with Crippen molar-refractivity contribution in [2.24, 2.45) is 5.18 Å². The van der Waals surface area contributed by atoms with E-state index in [0.29, 0.717) is 16.8 Å². The highest BCUT2D eigenvalue weighted by Crippen LogP contribution is 2.39. The molecule has 0 radical (unpaired) electrons. The van der Waals surface area contributed by atoms with Gasteiger partial charge in [0.1, 0.15) is 5.69 Å². The van der Waals surface area contributed by atoms with E-state index in [4.69, 9.17) is 0 Å². The molecule has 1 aromatic rings. The highest BCUT2D eigenvalue weighted by atomic mass is 16.3. The molecular formula is C14H20NO2-. The maximum atomic E-state index is 12.4. The lowest BCUT2D eigenvalue weighted by Crippen LogP contribution is -2.20. The van der Waals surface area contributed by atoms with Gasteiger partial charge >= 0.3 is 0 Å². The van der Waals surface area contributed by atoms with Crippen LogP contribution in [0.3, 0.4) is 0 Å². The topological polar surface area (TPSA) is 52.5 Å². The summed E-state index contributed by atoms with van der Waals surface area (Å²) in [5.41, 5.74) is 1.08. The minimum absolute atomic E-state index is 0.0254. The van der Waals surface area contributed by atoms with Gasteiger partial charge in [0.15, 0.2) is 0 Å². The van der Waals surface area contributed by atoms with Crippen molar-refractivity contribution in [3.63, 3.8) is 0 Å². The maximum absolute atomic E-state index is 12.4. The monoisotopic (exact) mass is 234 g/mol. The summed E-state index contributed by atoms with van der Waals surface area (Å²) in [6.07, 6.45) is 0. The van der Waals surface area contributed by atoms with Gasteiger partial charge in [0, 0.05) is 0 Å². The molecule has 0 saturated heterocycles. The van der Waals surface area contributed by atoms with Gasteiger partial charge in [-0.05, 0) is 39.3 Å². The highest BCUT2D eigenvalue weighted by Gasteiger charge is 2.22. The Morgan fingerprint density at radius 1 is 0.941 bits per heavy atom. The first-order chi connectivity index (χ1) is 7.57. The predicted octanol–water partition coefficient (Wildman–Crippen LogP) is 3.75. The number of hydrogen-bond acceptors (Lipinski definition) is 3. The Labute approximate surface area is 103 Å². The van der Waals surface area contributed by atoms with Crippen molar-refractivity contribution in [3.8, 4) is 5.75 Å². The van der Waals surface area contributed by atoms with Crippen LogP contribution < -0.4 is 5.11 Å². The van der Waals surface area contributed by atoms with E-state index in [2.05, 4.69) is 5.18 Å². The van der Waals surface area contributed by atoms with Crippen LogP contribution in [-0.2, 0) is 10.8 Å². The molecule has 0 atom stereocenters. The molecule has 0 bridgehead atoms. The Bertz CT molecular complexity index is 402. The van der Waals surface area contributed by atoms with Gasteiger partial charge in [-0.3, -0.25) is 0 Å². The van der Waals surface area contributed by atoms with Gasteiger partial charge in [-0.15, -0.1) is 10.7 Å². The van der Waals surface area contributed by atoms with Gasteiger partial charge in [-0.25, -0.2) is 0 Å². The average Bonchev–Trinajstić information content (AvgIpc) is 2.14. The number of rotatable bonds is 1. The van der Waals surface area contributed by atoms with Crippen molar-refractivity contribution in [1.29, 1.82) is 0 Å². The first kappa shape index (κ1) is 13.7. The van der Waals surface area contributed by atoms with Crippen LogP contribution in [0.25, 0.3) is 0 Å². The van der Waals surface area contributed by atoms with Crippen molar-refractivity contribution in [2.75, 3.05) is 0 Å². The second-order valence-corrected chi connectivity index (χ2v) is 6.46. The lowest BCUT2D eigenvalue weighted by molar-refractivity contribution is -0.271. The SMILES string of the molecule is CC(C)(C)c1cc(N=O)cc(C(C)(C)C)c1[O-]. The van der Waals surface area contributed by atoms with Gasteiger partial charge in [0.25, 0.3) is 0 Å². The first-order valence-electron chi connectivity index (χ1n) is 5.77. The molecule has 3 heteroatoms. The maximum Gasteiger partial charge on any atom is 0.108 e. The summed E-state index contributed by atoms with van der Waals surface area (Å²) in [4.78, 5) is 10.7. The Morgan fingerprint density at radius 3 is 1.53 bits per heavy atom. The largest absolute Gasteiger partial charge is 0.872 e. The minimum Gasteiger partial charge on any atom is -0.872 e. The van der Waals surface area contributed by atoms with E-state index in [-0.39, 0.29) is 16.6 Å². The lowest BCUT2D eigenvalue weighted by atomic mass is 9.79. The van der Waals surface area contributed by atoms with Gasteiger partial charge < -0.3 is 5.11 Å². The molecule has 17 heavy (non-hydrogen) atoms. The summed E-state index contributed by atoms with van der Waals surface area (Å²) in [7, 11) is 0. The fraction of sp³-hybridized carbons (Fsp3) is 0.571. The molecule has 1 aromatic carbocycles. The molecule has 3 nitrogen and oxygen atoms in total. The van der Waals surface area contributed by atoms with E-state index in [1.807, 2.05) is 41.5 Å². The molecule has 0 aromatic heterocycles. The van der Waals surface area contributed by atoms with Crippen LogP contribution in [0.4, 0.5) is 5.69 Å². The van der Waals surface area contributed by atoms with Gasteiger partial charge in [-0.2, -0.15) is 0 Å². The number of hydrogen-bond donors (Lipinski definition) is 0. The first-order valence-corrected chi connectivity index (χ1v) is 5.77. The summed E-state index contributed by atoms with van der Waals surface area (Å²) in [5.74, 6) is 0.0254. The zero-order valence-corrected chi connectivity index (χ0v) is 11.4. The van der Waals surface area contributed by atoms with E-state index < -0.39 is 0 Å². The average molecular weight is 234 g/mol. The van der Waals surface area contributed by atoms with Crippen LogP contribution >= 0.6 is 0 Å². The van der Waals surface area contributed by atoms with Gasteiger partial charge in [-0.1, -0.05) is 41.5 Å². The highest BCUT2D eigenvalue weighted by molar-refractivity contribution is 5.55. The summed E-state index contributed by atoms with van der Waals surface area (Å²) in [6.45, 7) is 11.8. The van der Waals surface area contributed by atoms with E-state index in [1.54, 1.807) is 12.1 Å². The van der Waals surface area contributed by atoms with E-state index >= 15 is 0 Å². The Hall–Kier alpha value is -1.38. The van der Waals surface area contributed by atoms with E-state index in [9.17, 15) is 10.0 Å². The molecule has 1 rings (SSSR count). The third kappa shape index (κ3) is 2.84. The third-order valence-electron chi connectivity index (χ3n) is 2.80. The summed E-state index contributed by atoms with van der Waals surface area (Å²) >= 11 is 0. The number of benzene rings is 1. The third-order valence-corrected chi connectivity index (χ3v) is 2.80. The van der Waals surface area contributed by atoms with Crippen molar-refractivity contribution in [2.45, 2.75) is 52.4 Å². The summed E-state index contributed by atoms with van der Waals surface area (Å²) in [5, 5.41) is 15.4. The second-order valence-electron chi connectivity index (χ2n) is 6.46. The molecule has 0 fully saturated rings. The molecular weight excluding hydrogens is 214 g/mol. The van der Waals surface area contributed by atoms with Crippen molar-refractivity contribution in [3.05, 3.63) is 28.2 Å². The molecule has 94 valence electrons. The van der Waals surface area contributed by atoms with Crippen molar-refractivity contribution < 1.29 is 5.11 Å². The lowest BCUT2D eigenvalue weighted by Gasteiger charge is -2.33. The Morgan fingerprint density at radius 2 is 1.29 bits per heavy atom. The summed E-state index contributed by atoms with van der Waals surface area (Å²) in [6, 6.07) is 3.20. The number of nitrogens with zero attached hydrogens (tertiary/aromatic N) is 1. The van der Waals surface area contributed by atoms with Crippen molar-refractivity contribution >= 4 is 5.69 Å². The Kier molecular flexibility index (Phi) is 3.33. The quantitative estimate of drug-likeness (QED) is 0.695. The van der Waals surface area contributed by atoms with Crippen LogP contribution in [0.2, 0.25) is 0 Å². The van der Waals surface area contributed by atoms with Crippen LogP contribution in [0.15, 0.2) is 17.3 Å². The zero-order chi connectivity index (χ0) is 13.4. The van der Waals surface area contributed by atoms with Crippen LogP contribution in [0, 0.1) is 4.91 Å². The summed E-state index contributed by atoms with van der Waals surface area (Å²) < 4.78 is 0. The normalized spacial score (nSPS) is 12.6. The van der Waals surface area contributed by atoms with E-state index in [1.165, 1.54) is 0 Å². The molecule has 0 spiro atoms. The van der Waals surface area contributed by atoms with Gasteiger partial charge in [0.05, 0.1) is 0 Å². The fourth-order valence-electron chi connectivity index (χ4n) is 1.78. The van der Waals surface area contributed by atoms with Crippen LogP contribution in [0.1, 0.15) is 52.7 Å². The standard InChI is InChI=1S/C14H21NO2/c1-13(2,3)10-7-9(15-17)8-11(12(10)16)14(4,5)6/h7-8,16H,1-6H3/p-1. The Balaban J connectivity index is 3.59. The smallest absolute Gasteiger partial charge is 0.108 e. The predicted molar refractivity (Wildman–Crippen MR) is 68.7 cm³/mol. The molecule has 0 amide bonds. The second kappa shape index (κ2) is 4.13. The van der Waals surface area contributed by atoms with Crippen molar-refractivity contribution in [1.82, 2.24) is 0 Å². The molecule has 0 aliphatic rings. The number of nitroso groups, excluding NO2 is 1. The fourth-order valence-corrected chi connectivity index (χ4v) is 1.78. The van der Waals surface area contributed by atoms with Crippen LogP contribution in [-0.4, -0.2) is 0 Å². The minimum atomic E-state index is -0.280. The van der Waals surface area contributed by atoms with Gasteiger partial charge in [0.2, 0.25) is 0 Å². The van der Waals surface area contributed by atoms with E-state index in [0.717, 1.165) is 0 Å². The zero-order valence-electron chi connectivity index (χ0n) is 11.4. The molecule has 0 aliphatic carbocycles. The molecule has 0 aliphatic heterocycles. The molecule has 0 heterocycles. The molecule has 0 unspecified atom stereocenters. The molecule has 0 saturated carbocycles.